The molecule has 10 heteroatoms. The number of nitro groups is 1. The number of carbonyl (C=O) groups is 3. The third-order valence-electron chi connectivity index (χ3n) is 2.73. The molecule has 23 heavy (non-hydrogen) atoms. The Bertz CT molecular complexity index is 649. The number of hydrogen-bond acceptors (Lipinski definition) is 6. The summed E-state index contributed by atoms with van der Waals surface area (Å²) in [7, 11) is 0. The average molecular weight is 327 g/mol. The maximum absolute atomic E-state index is 13.3. The van der Waals surface area contributed by atoms with Crippen LogP contribution >= 0.6 is 0 Å². The highest BCUT2D eigenvalue weighted by molar-refractivity contribution is 5.88. The number of primary amides is 1. The second-order valence-corrected chi connectivity index (χ2v) is 4.55. The van der Waals surface area contributed by atoms with Gasteiger partial charge < -0.3 is 15.8 Å². The van der Waals surface area contributed by atoms with E-state index in [0.717, 1.165) is 19.1 Å². The van der Waals surface area contributed by atoms with E-state index in [1.54, 1.807) is 0 Å². The summed E-state index contributed by atoms with van der Waals surface area (Å²) in [5.41, 5.74) is 4.63. The van der Waals surface area contributed by atoms with E-state index in [9.17, 15) is 28.9 Å². The molecule has 1 aromatic rings. The molecule has 0 saturated carbocycles. The van der Waals surface area contributed by atoms with E-state index in [4.69, 9.17) is 5.73 Å². The number of benzene rings is 1. The van der Waals surface area contributed by atoms with Crippen molar-refractivity contribution < 1.29 is 28.4 Å². The number of nitrogens with two attached hydrogens (primary N) is 1. The minimum Gasteiger partial charge on any atom is -0.456 e. The first-order valence-corrected chi connectivity index (χ1v) is 6.35. The number of esters is 1. The Hall–Kier alpha value is -3.04. The van der Waals surface area contributed by atoms with Crippen molar-refractivity contribution in [3.05, 3.63) is 39.7 Å². The fourth-order valence-electron chi connectivity index (χ4n) is 1.69. The van der Waals surface area contributed by atoms with Gasteiger partial charge in [0.25, 0.3) is 5.91 Å². The van der Waals surface area contributed by atoms with Crippen LogP contribution in [0, 0.1) is 15.9 Å². The van der Waals surface area contributed by atoms with Crippen LogP contribution in [0.4, 0.5) is 10.1 Å². The van der Waals surface area contributed by atoms with Crippen LogP contribution in [0.25, 0.3) is 0 Å². The standard InChI is InChI=1S/C13H14FN3O6/c1-7(18)23-6-12(19)16-10(13(15)20)4-8-2-3-9(14)11(5-8)17(21)22/h2-3,5,10H,4,6H2,1H3,(H2,15,20)(H,16,19)/t10-/m1/s1. The Morgan fingerprint density at radius 1 is 1.43 bits per heavy atom. The molecule has 0 aromatic heterocycles. The van der Waals surface area contributed by atoms with E-state index in [1.165, 1.54) is 6.07 Å². The van der Waals surface area contributed by atoms with Gasteiger partial charge in [-0.1, -0.05) is 6.07 Å². The summed E-state index contributed by atoms with van der Waals surface area (Å²) in [6.07, 6.45) is -0.178. The molecule has 124 valence electrons. The minimum atomic E-state index is -1.19. The molecule has 0 aliphatic carbocycles. The third kappa shape index (κ3) is 5.69. The Balaban J connectivity index is 2.82. The zero-order chi connectivity index (χ0) is 17.6. The molecule has 9 nitrogen and oxygen atoms in total. The fourth-order valence-corrected chi connectivity index (χ4v) is 1.69. The smallest absolute Gasteiger partial charge is 0.305 e. The molecule has 0 unspecified atom stereocenters. The van der Waals surface area contributed by atoms with E-state index in [2.05, 4.69) is 10.1 Å². The molecule has 0 spiro atoms. The second kappa shape index (κ2) is 7.82. The molecule has 0 aliphatic rings. The molecule has 0 radical (unpaired) electrons. The molecule has 1 atom stereocenters. The van der Waals surface area contributed by atoms with E-state index in [-0.39, 0.29) is 12.0 Å². The lowest BCUT2D eigenvalue weighted by atomic mass is 10.0. The number of nitro benzene ring substituents is 1. The number of nitrogens with one attached hydrogen (secondary N) is 1. The van der Waals surface area contributed by atoms with E-state index in [0.29, 0.717) is 0 Å². The van der Waals surface area contributed by atoms with Crippen molar-refractivity contribution in [2.24, 2.45) is 5.73 Å². The summed E-state index contributed by atoms with van der Waals surface area (Å²) >= 11 is 0. The van der Waals surface area contributed by atoms with E-state index in [1.807, 2.05) is 0 Å². The van der Waals surface area contributed by atoms with Crippen molar-refractivity contribution in [2.45, 2.75) is 19.4 Å². The number of nitrogens with zero attached hydrogens (tertiary/aromatic N) is 1. The molecule has 1 rings (SSSR count). The maximum Gasteiger partial charge on any atom is 0.305 e. The largest absolute Gasteiger partial charge is 0.456 e. The molecule has 0 fully saturated rings. The average Bonchev–Trinajstić information content (AvgIpc) is 2.45. The molecule has 2 amide bonds. The molecular formula is C13H14FN3O6. The van der Waals surface area contributed by atoms with Gasteiger partial charge in [0.05, 0.1) is 4.92 Å². The van der Waals surface area contributed by atoms with Gasteiger partial charge in [-0.3, -0.25) is 24.5 Å². The van der Waals surface area contributed by atoms with Crippen molar-refractivity contribution in [3.63, 3.8) is 0 Å². The van der Waals surface area contributed by atoms with Gasteiger partial charge in [0.1, 0.15) is 6.04 Å². The topological polar surface area (TPSA) is 142 Å². The van der Waals surface area contributed by atoms with Crippen molar-refractivity contribution in [1.82, 2.24) is 5.32 Å². The summed E-state index contributed by atoms with van der Waals surface area (Å²) in [6.45, 7) is 0.513. The molecule has 0 aliphatic heterocycles. The highest BCUT2D eigenvalue weighted by Gasteiger charge is 2.21. The van der Waals surface area contributed by atoms with E-state index < -0.39 is 46.9 Å². The summed E-state index contributed by atoms with van der Waals surface area (Å²) in [5.74, 6) is -3.35. The normalized spacial score (nSPS) is 11.4. The Morgan fingerprint density at radius 2 is 2.09 bits per heavy atom. The Morgan fingerprint density at radius 3 is 2.61 bits per heavy atom. The van der Waals surface area contributed by atoms with Crippen LogP contribution in [0.3, 0.4) is 0 Å². The van der Waals surface area contributed by atoms with Gasteiger partial charge in [0.2, 0.25) is 11.7 Å². The Kier molecular flexibility index (Phi) is 6.13. The first kappa shape index (κ1) is 18.0. The SMILES string of the molecule is CC(=O)OCC(=O)N[C@H](Cc1ccc(F)c([N+](=O)[O-])c1)C(N)=O. The van der Waals surface area contributed by atoms with Crippen molar-refractivity contribution >= 4 is 23.5 Å². The van der Waals surface area contributed by atoms with Gasteiger partial charge >= 0.3 is 11.7 Å². The van der Waals surface area contributed by atoms with Gasteiger partial charge in [0.15, 0.2) is 6.61 Å². The van der Waals surface area contributed by atoms with Crippen molar-refractivity contribution in [3.8, 4) is 0 Å². The lowest BCUT2D eigenvalue weighted by Gasteiger charge is -2.15. The quantitative estimate of drug-likeness (QED) is 0.404. The maximum atomic E-state index is 13.3. The van der Waals surface area contributed by atoms with Crippen LogP contribution < -0.4 is 11.1 Å². The van der Waals surface area contributed by atoms with Crippen LogP contribution in [0.1, 0.15) is 12.5 Å². The molecule has 0 saturated heterocycles. The van der Waals surface area contributed by atoms with Crippen LogP contribution in [-0.2, 0) is 25.5 Å². The predicted molar refractivity (Wildman–Crippen MR) is 74.5 cm³/mol. The number of amides is 2. The lowest BCUT2D eigenvalue weighted by molar-refractivity contribution is -0.387. The van der Waals surface area contributed by atoms with Crippen molar-refractivity contribution in [1.29, 1.82) is 0 Å². The number of hydrogen-bond donors (Lipinski definition) is 2. The van der Waals surface area contributed by atoms with Gasteiger partial charge in [-0.2, -0.15) is 4.39 Å². The zero-order valence-electron chi connectivity index (χ0n) is 12.1. The molecule has 1 aromatic carbocycles. The van der Waals surface area contributed by atoms with Gasteiger partial charge in [-0.15, -0.1) is 0 Å². The Labute approximate surface area is 129 Å². The highest BCUT2D eigenvalue weighted by atomic mass is 19.1. The monoisotopic (exact) mass is 327 g/mol. The van der Waals surface area contributed by atoms with Gasteiger partial charge in [0, 0.05) is 19.4 Å². The van der Waals surface area contributed by atoms with Crippen LogP contribution in [0.2, 0.25) is 0 Å². The van der Waals surface area contributed by atoms with Crippen molar-refractivity contribution in [2.75, 3.05) is 6.61 Å². The molecule has 0 heterocycles. The predicted octanol–water partition coefficient (Wildman–Crippen LogP) is -0.190. The summed E-state index contributed by atoms with van der Waals surface area (Å²) in [5, 5.41) is 12.9. The minimum absolute atomic E-state index is 0.178. The van der Waals surface area contributed by atoms with E-state index >= 15 is 0 Å². The van der Waals surface area contributed by atoms with Crippen LogP contribution in [0.15, 0.2) is 18.2 Å². The van der Waals surface area contributed by atoms with Crippen LogP contribution in [-0.4, -0.2) is 35.4 Å². The number of halogens is 1. The molecular weight excluding hydrogens is 313 g/mol. The van der Waals surface area contributed by atoms with Gasteiger partial charge in [-0.05, 0) is 11.6 Å². The van der Waals surface area contributed by atoms with Gasteiger partial charge in [-0.25, -0.2) is 0 Å². The fraction of sp³-hybridized carbons (Fsp3) is 0.308. The number of ether oxygens (including phenoxy) is 1. The molecule has 0 bridgehead atoms. The first-order valence-electron chi connectivity index (χ1n) is 6.35. The third-order valence-corrected chi connectivity index (χ3v) is 2.73. The number of rotatable bonds is 7. The first-order chi connectivity index (χ1) is 10.7. The summed E-state index contributed by atoms with van der Waals surface area (Å²) < 4.78 is 17.7. The summed E-state index contributed by atoms with van der Waals surface area (Å²) in [4.78, 5) is 43.2. The highest BCUT2D eigenvalue weighted by Crippen LogP contribution is 2.19. The number of carbonyl (C=O) groups excluding carboxylic acids is 3. The lowest BCUT2D eigenvalue weighted by Crippen LogP contribution is -2.47. The zero-order valence-corrected chi connectivity index (χ0v) is 12.1. The molecule has 3 N–H and O–H groups in total. The summed E-state index contributed by atoms with van der Waals surface area (Å²) in [6, 6.07) is 1.87. The van der Waals surface area contributed by atoms with Crippen LogP contribution in [0.5, 0.6) is 0 Å². The second-order valence-electron chi connectivity index (χ2n) is 4.55.